The number of ketones is 1. The van der Waals surface area contributed by atoms with Crippen LogP contribution in [0.25, 0.3) is 6.08 Å². The summed E-state index contributed by atoms with van der Waals surface area (Å²) in [6.07, 6.45) is 1.58. The minimum Gasteiger partial charge on any atom is -0.326 e. The van der Waals surface area contributed by atoms with E-state index in [4.69, 9.17) is 0 Å². The second-order valence-corrected chi connectivity index (χ2v) is 7.52. The van der Waals surface area contributed by atoms with Crippen molar-refractivity contribution in [1.82, 2.24) is 0 Å². The summed E-state index contributed by atoms with van der Waals surface area (Å²) < 4.78 is 24.7. The maximum atomic E-state index is 12.5. The van der Waals surface area contributed by atoms with E-state index in [9.17, 15) is 18.0 Å². The molecule has 0 aliphatic carbocycles. The molecule has 5 nitrogen and oxygen atoms in total. The van der Waals surface area contributed by atoms with Gasteiger partial charge in [0.2, 0.25) is 5.91 Å². The molecule has 1 amide bonds. The fourth-order valence-corrected chi connectivity index (χ4v) is 4.18. The number of nitrogens with one attached hydrogen (secondary N) is 1. The van der Waals surface area contributed by atoms with E-state index in [1.54, 1.807) is 42.5 Å². The van der Waals surface area contributed by atoms with Crippen LogP contribution in [0.1, 0.15) is 22.8 Å². The summed E-state index contributed by atoms with van der Waals surface area (Å²) in [5.41, 5.74) is 1.78. The summed E-state index contributed by atoms with van der Waals surface area (Å²) in [4.78, 5) is 23.6. The lowest BCUT2D eigenvalue weighted by atomic mass is 10.0. The molecule has 0 atom stereocenters. The lowest BCUT2D eigenvalue weighted by Gasteiger charge is -2.17. The van der Waals surface area contributed by atoms with Crippen molar-refractivity contribution < 1.29 is 18.0 Å². The molecule has 0 spiro atoms. The first-order chi connectivity index (χ1) is 11.4. The summed E-state index contributed by atoms with van der Waals surface area (Å²) in [5, 5.41) is 2.65. The summed E-state index contributed by atoms with van der Waals surface area (Å²) >= 11 is 0. The van der Waals surface area contributed by atoms with Gasteiger partial charge in [0.05, 0.1) is 10.6 Å². The van der Waals surface area contributed by atoms with Gasteiger partial charge in [-0.2, -0.15) is 0 Å². The van der Waals surface area contributed by atoms with Gasteiger partial charge in [0.15, 0.2) is 15.6 Å². The smallest absolute Gasteiger partial charge is 0.221 e. The third-order valence-electron chi connectivity index (χ3n) is 3.68. The van der Waals surface area contributed by atoms with Gasteiger partial charge in [-0.15, -0.1) is 0 Å². The summed E-state index contributed by atoms with van der Waals surface area (Å²) in [6, 6.07) is 13.1. The lowest BCUT2D eigenvalue weighted by molar-refractivity contribution is -0.114. The standard InChI is InChI=1S/C18H15NO4S/c1-12(20)19-15-8-6-13(7-9-15)10-14-11-24(22,23)17-5-3-2-4-16(17)18(14)21/h2-10H,11H2,1H3,(H,19,20)/b14-10-. The van der Waals surface area contributed by atoms with Gasteiger partial charge in [0, 0.05) is 23.7 Å². The Bertz CT molecular complexity index is 957. The molecule has 1 aliphatic heterocycles. The highest BCUT2D eigenvalue weighted by Gasteiger charge is 2.32. The van der Waals surface area contributed by atoms with Crippen LogP contribution in [0.5, 0.6) is 0 Å². The Labute approximate surface area is 139 Å². The molecule has 122 valence electrons. The largest absolute Gasteiger partial charge is 0.326 e. The van der Waals surface area contributed by atoms with E-state index in [0.29, 0.717) is 11.3 Å². The van der Waals surface area contributed by atoms with Crippen LogP contribution in [0.4, 0.5) is 5.69 Å². The molecule has 0 unspecified atom stereocenters. The van der Waals surface area contributed by atoms with Crippen LogP contribution in [0.3, 0.4) is 0 Å². The van der Waals surface area contributed by atoms with Gasteiger partial charge in [0.25, 0.3) is 0 Å². The van der Waals surface area contributed by atoms with Gasteiger partial charge in [-0.3, -0.25) is 9.59 Å². The molecule has 3 rings (SSSR count). The van der Waals surface area contributed by atoms with E-state index in [1.165, 1.54) is 19.1 Å². The average molecular weight is 341 g/mol. The van der Waals surface area contributed by atoms with Gasteiger partial charge in [0.1, 0.15) is 0 Å². The summed E-state index contributed by atoms with van der Waals surface area (Å²) in [6.45, 7) is 1.42. The van der Waals surface area contributed by atoms with Gasteiger partial charge >= 0.3 is 0 Å². The van der Waals surface area contributed by atoms with E-state index >= 15 is 0 Å². The zero-order chi connectivity index (χ0) is 17.3. The third kappa shape index (κ3) is 3.14. The predicted molar refractivity (Wildman–Crippen MR) is 91.5 cm³/mol. The van der Waals surface area contributed by atoms with Crippen molar-refractivity contribution in [3.05, 3.63) is 65.2 Å². The molecule has 0 bridgehead atoms. The summed E-state index contributed by atoms with van der Waals surface area (Å²) in [5.74, 6) is -0.756. The molecule has 1 aliphatic rings. The number of amides is 1. The van der Waals surface area contributed by atoms with Crippen molar-refractivity contribution >= 4 is 33.3 Å². The normalized spacial score (nSPS) is 17.4. The molecular weight excluding hydrogens is 326 g/mol. The molecule has 0 saturated carbocycles. The molecule has 6 heteroatoms. The molecular formula is C18H15NO4S. The fraction of sp³-hybridized carbons (Fsp3) is 0.111. The average Bonchev–Trinajstić information content (AvgIpc) is 2.54. The molecule has 1 N–H and O–H groups in total. The molecule has 0 radical (unpaired) electrons. The molecule has 2 aromatic rings. The van der Waals surface area contributed by atoms with Crippen molar-refractivity contribution in [2.75, 3.05) is 11.1 Å². The van der Waals surface area contributed by atoms with E-state index in [0.717, 1.165) is 0 Å². The van der Waals surface area contributed by atoms with E-state index in [2.05, 4.69) is 5.32 Å². The monoisotopic (exact) mass is 341 g/mol. The van der Waals surface area contributed by atoms with Crippen molar-refractivity contribution in [3.8, 4) is 0 Å². The highest BCUT2D eigenvalue weighted by Crippen LogP contribution is 2.28. The minimum atomic E-state index is -3.51. The number of hydrogen-bond acceptors (Lipinski definition) is 4. The molecule has 0 fully saturated rings. The van der Waals surface area contributed by atoms with Crippen LogP contribution < -0.4 is 5.32 Å². The van der Waals surface area contributed by atoms with Gasteiger partial charge < -0.3 is 5.32 Å². The number of anilines is 1. The summed E-state index contributed by atoms with van der Waals surface area (Å²) in [7, 11) is -3.51. The Morgan fingerprint density at radius 3 is 2.42 bits per heavy atom. The number of hydrogen-bond donors (Lipinski definition) is 1. The highest BCUT2D eigenvalue weighted by molar-refractivity contribution is 7.91. The number of benzene rings is 2. The maximum absolute atomic E-state index is 12.5. The van der Waals surface area contributed by atoms with Gasteiger partial charge in [-0.25, -0.2) is 8.42 Å². The quantitative estimate of drug-likeness (QED) is 0.852. The Balaban J connectivity index is 1.97. The predicted octanol–water partition coefficient (Wildman–Crippen LogP) is 2.70. The number of fused-ring (bicyclic) bond motifs is 1. The van der Waals surface area contributed by atoms with Crippen LogP contribution in [0.15, 0.2) is 59.0 Å². The number of carbonyl (C=O) groups excluding carboxylic acids is 2. The molecule has 1 heterocycles. The minimum absolute atomic E-state index is 0.0909. The van der Waals surface area contributed by atoms with Crippen LogP contribution in [0.2, 0.25) is 0 Å². The van der Waals surface area contributed by atoms with Crippen LogP contribution in [-0.2, 0) is 14.6 Å². The second kappa shape index (κ2) is 6.05. The molecule has 0 aromatic heterocycles. The third-order valence-corrected chi connectivity index (χ3v) is 5.39. The lowest BCUT2D eigenvalue weighted by Crippen LogP contribution is -2.24. The van der Waals surface area contributed by atoms with Crippen LogP contribution >= 0.6 is 0 Å². The molecule has 24 heavy (non-hydrogen) atoms. The number of rotatable bonds is 2. The zero-order valence-electron chi connectivity index (χ0n) is 12.9. The molecule has 0 saturated heterocycles. The number of sulfone groups is 1. The van der Waals surface area contributed by atoms with Crippen molar-refractivity contribution in [2.45, 2.75) is 11.8 Å². The number of Topliss-reactive ketones (excluding diaryl/α,β-unsaturated/α-hetero) is 1. The van der Waals surface area contributed by atoms with Gasteiger partial charge in [-0.1, -0.05) is 24.3 Å². The Morgan fingerprint density at radius 1 is 1.08 bits per heavy atom. The Kier molecular flexibility index (Phi) is 4.07. The Hall–Kier alpha value is -2.73. The van der Waals surface area contributed by atoms with E-state index in [1.807, 2.05) is 0 Å². The van der Waals surface area contributed by atoms with Crippen molar-refractivity contribution in [1.29, 1.82) is 0 Å². The van der Waals surface area contributed by atoms with Crippen molar-refractivity contribution in [2.24, 2.45) is 0 Å². The first-order valence-electron chi connectivity index (χ1n) is 7.31. The van der Waals surface area contributed by atoms with Crippen LogP contribution in [-0.4, -0.2) is 25.9 Å². The second-order valence-electron chi connectivity index (χ2n) is 5.56. The topological polar surface area (TPSA) is 80.3 Å². The molecule has 2 aromatic carbocycles. The van der Waals surface area contributed by atoms with E-state index in [-0.39, 0.29) is 33.5 Å². The Morgan fingerprint density at radius 2 is 1.75 bits per heavy atom. The fourth-order valence-electron chi connectivity index (χ4n) is 2.62. The first-order valence-corrected chi connectivity index (χ1v) is 8.97. The van der Waals surface area contributed by atoms with Gasteiger partial charge in [-0.05, 0) is 35.9 Å². The highest BCUT2D eigenvalue weighted by atomic mass is 32.2. The number of carbonyl (C=O) groups is 2. The first kappa shape index (κ1) is 16.1. The van der Waals surface area contributed by atoms with Crippen LogP contribution in [0, 0.1) is 0 Å². The van der Waals surface area contributed by atoms with E-state index < -0.39 is 9.84 Å². The zero-order valence-corrected chi connectivity index (χ0v) is 13.8. The SMILES string of the molecule is CC(=O)Nc1ccc(/C=C2/CS(=O)(=O)c3ccccc3C2=O)cc1. The van der Waals surface area contributed by atoms with Crippen molar-refractivity contribution in [3.63, 3.8) is 0 Å². The maximum Gasteiger partial charge on any atom is 0.221 e.